The van der Waals surface area contributed by atoms with E-state index in [0.29, 0.717) is 17.1 Å². The van der Waals surface area contributed by atoms with Gasteiger partial charge in [-0.3, -0.25) is 14.4 Å². The predicted octanol–water partition coefficient (Wildman–Crippen LogP) is 2.23. The van der Waals surface area contributed by atoms with Crippen LogP contribution in [0.1, 0.15) is 6.42 Å². The zero-order chi connectivity index (χ0) is 19.2. The van der Waals surface area contributed by atoms with Gasteiger partial charge in [0.1, 0.15) is 5.75 Å². The van der Waals surface area contributed by atoms with Gasteiger partial charge in [-0.1, -0.05) is 18.2 Å². The quantitative estimate of drug-likeness (QED) is 0.791. The van der Waals surface area contributed by atoms with Crippen LogP contribution in [0.2, 0.25) is 0 Å². The van der Waals surface area contributed by atoms with Gasteiger partial charge in [0, 0.05) is 24.3 Å². The first-order valence-corrected chi connectivity index (χ1v) is 8.53. The van der Waals surface area contributed by atoms with E-state index in [-0.39, 0.29) is 25.5 Å². The van der Waals surface area contributed by atoms with E-state index in [1.807, 2.05) is 6.07 Å². The van der Waals surface area contributed by atoms with E-state index in [1.165, 1.54) is 4.90 Å². The Morgan fingerprint density at radius 1 is 1.11 bits per heavy atom. The molecule has 3 rings (SSSR count). The molecule has 1 aliphatic heterocycles. The second kappa shape index (κ2) is 8.35. The Kier molecular flexibility index (Phi) is 5.71. The molecular weight excluding hydrogens is 348 g/mol. The maximum absolute atomic E-state index is 12.2. The fourth-order valence-electron chi connectivity index (χ4n) is 2.85. The van der Waals surface area contributed by atoms with Crippen LogP contribution >= 0.6 is 0 Å². The number of carbonyl (C=O) groups is 3. The summed E-state index contributed by atoms with van der Waals surface area (Å²) in [5, 5.41) is 2.64. The van der Waals surface area contributed by atoms with Crippen LogP contribution in [-0.2, 0) is 19.1 Å². The summed E-state index contributed by atoms with van der Waals surface area (Å²) in [5.41, 5.74) is 1.32. The molecule has 0 bridgehead atoms. The molecule has 7 heteroatoms. The Hall–Kier alpha value is -3.35. The molecule has 1 heterocycles. The van der Waals surface area contributed by atoms with Gasteiger partial charge < -0.3 is 19.7 Å². The van der Waals surface area contributed by atoms with Crippen molar-refractivity contribution in [1.29, 1.82) is 0 Å². The lowest BCUT2D eigenvalue weighted by Gasteiger charge is -2.16. The van der Waals surface area contributed by atoms with Gasteiger partial charge in [-0.05, 0) is 36.4 Å². The molecule has 27 heavy (non-hydrogen) atoms. The summed E-state index contributed by atoms with van der Waals surface area (Å²) >= 11 is 0. The minimum Gasteiger partial charge on any atom is -0.497 e. The van der Waals surface area contributed by atoms with Crippen molar-refractivity contribution < 1.29 is 23.9 Å². The third-order valence-electron chi connectivity index (χ3n) is 4.25. The lowest BCUT2D eigenvalue weighted by molar-refractivity contribution is -0.151. The number of hydrogen-bond donors (Lipinski definition) is 1. The number of ether oxygens (including phenoxy) is 2. The Morgan fingerprint density at radius 3 is 2.48 bits per heavy atom. The first-order valence-electron chi connectivity index (χ1n) is 8.53. The minimum atomic E-state index is -0.593. The van der Waals surface area contributed by atoms with Gasteiger partial charge in [0.05, 0.1) is 13.0 Å². The zero-order valence-electron chi connectivity index (χ0n) is 14.9. The zero-order valence-corrected chi connectivity index (χ0v) is 14.9. The number of nitrogens with zero attached hydrogens (tertiary/aromatic N) is 1. The van der Waals surface area contributed by atoms with E-state index in [1.54, 1.807) is 55.6 Å². The lowest BCUT2D eigenvalue weighted by Crippen LogP contribution is -2.28. The van der Waals surface area contributed by atoms with Gasteiger partial charge in [-0.15, -0.1) is 0 Å². The van der Waals surface area contributed by atoms with Crippen molar-refractivity contribution in [1.82, 2.24) is 0 Å². The van der Waals surface area contributed by atoms with Crippen LogP contribution in [0, 0.1) is 5.92 Å². The molecule has 1 fully saturated rings. The van der Waals surface area contributed by atoms with Crippen molar-refractivity contribution in [3.8, 4) is 5.75 Å². The molecule has 0 spiro atoms. The number of para-hydroxylation sites is 1. The van der Waals surface area contributed by atoms with E-state index >= 15 is 0 Å². The maximum atomic E-state index is 12.2. The van der Waals surface area contributed by atoms with E-state index in [9.17, 15) is 14.4 Å². The monoisotopic (exact) mass is 368 g/mol. The molecule has 140 valence electrons. The number of methoxy groups -OCH3 is 1. The lowest BCUT2D eigenvalue weighted by atomic mass is 10.1. The van der Waals surface area contributed by atoms with Crippen molar-refractivity contribution >= 4 is 29.2 Å². The molecule has 1 N–H and O–H groups in total. The van der Waals surface area contributed by atoms with Crippen LogP contribution in [0.15, 0.2) is 54.6 Å². The summed E-state index contributed by atoms with van der Waals surface area (Å²) < 4.78 is 10.2. The highest BCUT2D eigenvalue weighted by Crippen LogP contribution is 2.27. The number of hydrogen-bond acceptors (Lipinski definition) is 5. The van der Waals surface area contributed by atoms with Crippen LogP contribution in [0.3, 0.4) is 0 Å². The summed E-state index contributed by atoms with van der Waals surface area (Å²) in [6.45, 7) is -0.161. The fraction of sp³-hybridized carbons (Fsp3) is 0.250. The van der Waals surface area contributed by atoms with Gasteiger partial charge in [-0.2, -0.15) is 0 Å². The Bertz CT molecular complexity index is 820. The topological polar surface area (TPSA) is 84.9 Å². The Morgan fingerprint density at radius 2 is 1.81 bits per heavy atom. The summed E-state index contributed by atoms with van der Waals surface area (Å²) in [4.78, 5) is 37.9. The van der Waals surface area contributed by atoms with Crippen LogP contribution < -0.4 is 15.0 Å². The third kappa shape index (κ3) is 4.63. The van der Waals surface area contributed by atoms with Gasteiger partial charge in [0.25, 0.3) is 5.91 Å². The predicted molar refractivity (Wildman–Crippen MR) is 99.5 cm³/mol. The normalized spacial score (nSPS) is 16.1. The van der Waals surface area contributed by atoms with Gasteiger partial charge in [0.15, 0.2) is 6.61 Å². The molecular formula is C20H20N2O5. The van der Waals surface area contributed by atoms with Crippen molar-refractivity contribution in [2.45, 2.75) is 6.42 Å². The molecule has 7 nitrogen and oxygen atoms in total. The molecule has 0 radical (unpaired) electrons. The highest BCUT2D eigenvalue weighted by Gasteiger charge is 2.36. The smallest absolute Gasteiger partial charge is 0.311 e. The van der Waals surface area contributed by atoms with Crippen LogP contribution in [0.5, 0.6) is 5.75 Å². The molecule has 1 unspecified atom stereocenters. The molecule has 1 saturated heterocycles. The summed E-state index contributed by atoms with van der Waals surface area (Å²) in [6, 6.07) is 15.9. The van der Waals surface area contributed by atoms with Crippen molar-refractivity contribution in [2.24, 2.45) is 5.92 Å². The average Bonchev–Trinajstić information content (AvgIpc) is 3.09. The fourth-order valence-corrected chi connectivity index (χ4v) is 2.85. The van der Waals surface area contributed by atoms with Gasteiger partial charge in [0.2, 0.25) is 5.91 Å². The second-order valence-corrected chi connectivity index (χ2v) is 6.13. The summed E-state index contributed by atoms with van der Waals surface area (Å²) in [5.74, 6) is -1.04. The number of esters is 1. The van der Waals surface area contributed by atoms with E-state index < -0.39 is 17.8 Å². The first kappa shape index (κ1) is 18.4. The first-order chi connectivity index (χ1) is 13.1. The number of benzene rings is 2. The van der Waals surface area contributed by atoms with Crippen LogP contribution in [-0.4, -0.2) is 38.0 Å². The van der Waals surface area contributed by atoms with Crippen LogP contribution in [0.4, 0.5) is 11.4 Å². The Labute approximate surface area is 156 Å². The molecule has 2 aromatic rings. The Balaban J connectivity index is 1.51. The van der Waals surface area contributed by atoms with E-state index in [2.05, 4.69) is 5.32 Å². The molecule has 0 aromatic heterocycles. The van der Waals surface area contributed by atoms with Gasteiger partial charge in [-0.25, -0.2) is 0 Å². The van der Waals surface area contributed by atoms with Gasteiger partial charge >= 0.3 is 5.97 Å². The number of carbonyl (C=O) groups excluding carboxylic acids is 3. The summed E-state index contributed by atoms with van der Waals surface area (Å²) in [6.07, 6.45) is 0.0607. The standard InChI is InChI=1S/C20H20N2O5/c1-26-17-9-7-16(8-10-17)22-12-14(11-19(22)24)20(25)27-13-18(23)21-15-5-3-2-4-6-15/h2-10,14H,11-13H2,1H3,(H,21,23). The number of rotatable bonds is 6. The second-order valence-electron chi connectivity index (χ2n) is 6.13. The molecule has 0 saturated carbocycles. The highest BCUT2D eigenvalue weighted by molar-refractivity contribution is 6.00. The molecule has 1 aliphatic rings. The number of nitrogens with one attached hydrogen (secondary N) is 1. The SMILES string of the molecule is COc1ccc(N2CC(C(=O)OCC(=O)Nc3ccccc3)CC2=O)cc1. The number of anilines is 2. The minimum absolute atomic E-state index is 0.0607. The van der Waals surface area contributed by atoms with Crippen molar-refractivity contribution in [3.05, 3.63) is 54.6 Å². The number of amides is 2. The molecule has 0 aliphatic carbocycles. The van der Waals surface area contributed by atoms with E-state index in [4.69, 9.17) is 9.47 Å². The average molecular weight is 368 g/mol. The van der Waals surface area contributed by atoms with Crippen molar-refractivity contribution in [3.63, 3.8) is 0 Å². The van der Waals surface area contributed by atoms with E-state index in [0.717, 1.165) is 0 Å². The van der Waals surface area contributed by atoms with Crippen molar-refractivity contribution in [2.75, 3.05) is 30.5 Å². The molecule has 2 amide bonds. The largest absolute Gasteiger partial charge is 0.497 e. The highest BCUT2D eigenvalue weighted by atomic mass is 16.5. The third-order valence-corrected chi connectivity index (χ3v) is 4.25. The summed E-state index contributed by atoms with van der Waals surface area (Å²) in [7, 11) is 1.57. The van der Waals surface area contributed by atoms with Crippen LogP contribution in [0.25, 0.3) is 0 Å². The maximum Gasteiger partial charge on any atom is 0.311 e. The molecule has 1 atom stereocenters. The molecule has 2 aromatic carbocycles.